The van der Waals surface area contributed by atoms with Crippen LogP contribution in [0.5, 0.6) is 0 Å². The molecule has 0 aliphatic rings. The molecule has 0 atom stereocenters. The lowest BCUT2D eigenvalue weighted by molar-refractivity contribution is 0.0989. The zero-order valence-corrected chi connectivity index (χ0v) is 14.1. The van der Waals surface area contributed by atoms with E-state index < -0.39 is 11.7 Å². The van der Waals surface area contributed by atoms with Gasteiger partial charge in [-0.2, -0.15) is 0 Å². The number of nitrogens with one attached hydrogen (secondary N) is 1. The fourth-order valence-electron chi connectivity index (χ4n) is 2.48. The molecule has 0 bridgehead atoms. The largest absolute Gasteiger partial charge is 0.319 e. The smallest absolute Gasteiger partial charge is 0.258 e. The first-order chi connectivity index (χ1) is 12.6. The summed E-state index contributed by atoms with van der Waals surface area (Å²) in [6, 6.07) is 21.5. The van der Waals surface area contributed by atoms with Crippen molar-refractivity contribution in [1.82, 2.24) is 0 Å². The number of amides is 2. The van der Waals surface area contributed by atoms with Gasteiger partial charge in [0.15, 0.2) is 0 Å². The van der Waals surface area contributed by atoms with Crippen molar-refractivity contribution in [2.45, 2.75) is 0 Å². The highest BCUT2D eigenvalue weighted by Gasteiger charge is 2.14. The van der Waals surface area contributed by atoms with Crippen molar-refractivity contribution in [3.63, 3.8) is 0 Å². The van der Waals surface area contributed by atoms with E-state index in [9.17, 15) is 14.0 Å². The number of carbonyl (C=O) groups excluding carboxylic acids is 2. The van der Waals surface area contributed by atoms with E-state index in [-0.39, 0.29) is 11.6 Å². The Hall–Kier alpha value is -3.47. The number of benzene rings is 3. The Morgan fingerprint density at radius 2 is 1.38 bits per heavy atom. The van der Waals surface area contributed by atoms with Crippen molar-refractivity contribution < 1.29 is 14.0 Å². The summed E-state index contributed by atoms with van der Waals surface area (Å²) in [7, 11) is 1.69. The SMILES string of the molecule is CN(C(=O)c1ccc(C(=O)Nc2ccccc2F)cc1)c1ccccc1. The van der Waals surface area contributed by atoms with Crippen molar-refractivity contribution in [1.29, 1.82) is 0 Å². The van der Waals surface area contributed by atoms with Crippen LogP contribution in [0.4, 0.5) is 15.8 Å². The summed E-state index contributed by atoms with van der Waals surface area (Å²) in [5, 5.41) is 2.51. The third-order valence-electron chi connectivity index (χ3n) is 3.96. The van der Waals surface area contributed by atoms with Crippen LogP contribution in [-0.2, 0) is 0 Å². The van der Waals surface area contributed by atoms with E-state index >= 15 is 0 Å². The van der Waals surface area contributed by atoms with E-state index in [1.54, 1.807) is 43.4 Å². The quantitative estimate of drug-likeness (QED) is 0.762. The molecule has 0 saturated heterocycles. The molecular formula is C21H17FN2O2. The molecule has 0 unspecified atom stereocenters. The second-order valence-electron chi connectivity index (χ2n) is 5.71. The van der Waals surface area contributed by atoms with E-state index in [1.807, 2.05) is 30.3 Å². The molecule has 0 spiro atoms. The van der Waals surface area contributed by atoms with Crippen molar-refractivity contribution in [3.05, 3.63) is 95.8 Å². The summed E-state index contributed by atoms with van der Waals surface area (Å²) in [4.78, 5) is 26.3. The molecule has 3 aromatic rings. The topological polar surface area (TPSA) is 49.4 Å². The number of rotatable bonds is 4. The molecule has 0 aliphatic heterocycles. The normalized spacial score (nSPS) is 10.2. The van der Waals surface area contributed by atoms with E-state index in [4.69, 9.17) is 0 Å². The molecule has 0 radical (unpaired) electrons. The molecule has 5 heteroatoms. The van der Waals surface area contributed by atoms with Gasteiger partial charge in [0.25, 0.3) is 11.8 Å². The van der Waals surface area contributed by atoms with Gasteiger partial charge in [-0.15, -0.1) is 0 Å². The first-order valence-electron chi connectivity index (χ1n) is 8.05. The van der Waals surface area contributed by atoms with Crippen LogP contribution >= 0.6 is 0 Å². The lowest BCUT2D eigenvalue weighted by Gasteiger charge is -2.17. The molecule has 26 heavy (non-hydrogen) atoms. The molecular weight excluding hydrogens is 331 g/mol. The van der Waals surface area contributed by atoms with Crippen molar-refractivity contribution in [2.24, 2.45) is 0 Å². The number of hydrogen-bond acceptors (Lipinski definition) is 2. The molecule has 0 aromatic heterocycles. The third kappa shape index (κ3) is 3.78. The van der Waals surface area contributed by atoms with Gasteiger partial charge in [0.05, 0.1) is 5.69 Å². The summed E-state index contributed by atoms with van der Waals surface area (Å²) < 4.78 is 13.6. The van der Waals surface area contributed by atoms with Gasteiger partial charge >= 0.3 is 0 Å². The molecule has 4 nitrogen and oxygen atoms in total. The maximum Gasteiger partial charge on any atom is 0.258 e. The van der Waals surface area contributed by atoms with Crippen LogP contribution < -0.4 is 10.2 Å². The molecule has 3 aromatic carbocycles. The maximum absolute atomic E-state index is 13.6. The Bertz CT molecular complexity index is 924. The number of halogens is 1. The summed E-state index contributed by atoms with van der Waals surface area (Å²) in [5.41, 5.74) is 1.69. The van der Waals surface area contributed by atoms with Crippen LogP contribution in [-0.4, -0.2) is 18.9 Å². The summed E-state index contributed by atoms with van der Waals surface area (Å²) in [6.07, 6.45) is 0. The molecule has 2 amide bonds. The van der Waals surface area contributed by atoms with Gasteiger partial charge in [0.1, 0.15) is 5.82 Å². The minimum atomic E-state index is -0.503. The van der Waals surface area contributed by atoms with Crippen molar-refractivity contribution in [3.8, 4) is 0 Å². The first kappa shape index (κ1) is 17.4. The molecule has 1 N–H and O–H groups in total. The zero-order chi connectivity index (χ0) is 18.5. The van der Waals surface area contributed by atoms with E-state index in [0.29, 0.717) is 11.1 Å². The van der Waals surface area contributed by atoms with Gasteiger partial charge in [-0.25, -0.2) is 4.39 Å². The summed E-state index contributed by atoms with van der Waals surface area (Å²) >= 11 is 0. The summed E-state index contributed by atoms with van der Waals surface area (Å²) in [5.74, 6) is -1.13. The van der Waals surface area contributed by atoms with Gasteiger partial charge in [0.2, 0.25) is 0 Å². The van der Waals surface area contributed by atoms with Crippen LogP contribution in [0.25, 0.3) is 0 Å². The molecule has 0 fully saturated rings. The fourth-order valence-corrected chi connectivity index (χ4v) is 2.48. The monoisotopic (exact) mass is 348 g/mol. The van der Waals surface area contributed by atoms with E-state index in [2.05, 4.69) is 5.32 Å². The van der Waals surface area contributed by atoms with Gasteiger partial charge in [0, 0.05) is 23.9 Å². The average Bonchev–Trinajstić information content (AvgIpc) is 2.69. The number of hydrogen-bond donors (Lipinski definition) is 1. The third-order valence-corrected chi connectivity index (χ3v) is 3.96. The fraction of sp³-hybridized carbons (Fsp3) is 0.0476. The number of carbonyl (C=O) groups is 2. The lowest BCUT2D eigenvalue weighted by Crippen LogP contribution is -2.26. The Morgan fingerprint density at radius 1 is 0.808 bits per heavy atom. The van der Waals surface area contributed by atoms with Crippen LogP contribution in [0.2, 0.25) is 0 Å². The first-order valence-corrected chi connectivity index (χ1v) is 8.05. The molecule has 3 rings (SSSR count). The highest BCUT2D eigenvalue weighted by molar-refractivity contribution is 6.08. The average molecular weight is 348 g/mol. The Balaban J connectivity index is 1.73. The minimum absolute atomic E-state index is 0.112. The summed E-state index contributed by atoms with van der Waals surface area (Å²) in [6.45, 7) is 0. The number of anilines is 2. The number of para-hydroxylation sites is 2. The molecule has 130 valence electrons. The van der Waals surface area contributed by atoms with Crippen molar-refractivity contribution >= 4 is 23.2 Å². The van der Waals surface area contributed by atoms with Crippen LogP contribution in [0.15, 0.2) is 78.9 Å². The minimum Gasteiger partial charge on any atom is -0.319 e. The maximum atomic E-state index is 13.6. The highest BCUT2D eigenvalue weighted by Crippen LogP contribution is 2.17. The zero-order valence-electron chi connectivity index (χ0n) is 14.1. The van der Waals surface area contributed by atoms with Gasteiger partial charge in [-0.05, 0) is 48.5 Å². The molecule has 0 aliphatic carbocycles. The standard InChI is InChI=1S/C21H17FN2O2/c1-24(17-7-3-2-4-8-17)21(26)16-13-11-15(12-14-16)20(25)23-19-10-6-5-9-18(19)22/h2-14H,1H3,(H,23,25). The predicted octanol–water partition coefficient (Wildman–Crippen LogP) is 4.35. The second-order valence-corrected chi connectivity index (χ2v) is 5.71. The number of nitrogens with zero attached hydrogens (tertiary/aromatic N) is 1. The second kappa shape index (κ2) is 7.61. The van der Waals surface area contributed by atoms with Gasteiger partial charge in [-0.1, -0.05) is 30.3 Å². The molecule has 0 heterocycles. The Labute approximate surface area is 150 Å². The Morgan fingerprint density at radius 3 is 2.04 bits per heavy atom. The molecule has 0 saturated carbocycles. The Kier molecular flexibility index (Phi) is 5.08. The van der Waals surface area contributed by atoms with E-state index in [0.717, 1.165) is 5.69 Å². The van der Waals surface area contributed by atoms with Crippen molar-refractivity contribution in [2.75, 3.05) is 17.3 Å². The van der Waals surface area contributed by atoms with Gasteiger partial charge in [-0.3, -0.25) is 9.59 Å². The highest BCUT2D eigenvalue weighted by atomic mass is 19.1. The van der Waals surface area contributed by atoms with Crippen LogP contribution in [0.3, 0.4) is 0 Å². The van der Waals surface area contributed by atoms with Gasteiger partial charge < -0.3 is 10.2 Å². The predicted molar refractivity (Wildman–Crippen MR) is 100.0 cm³/mol. The van der Waals surface area contributed by atoms with Crippen LogP contribution in [0.1, 0.15) is 20.7 Å². The lowest BCUT2D eigenvalue weighted by atomic mass is 10.1. The van der Waals surface area contributed by atoms with E-state index in [1.165, 1.54) is 17.0 Å². The van der Waals surface area contributed by atoms with Crippen LogP contribution in [0, 0.1) is 5.82 Å².